The van der Waals surface area contributed by atoms with E-state index in [1.165, 1.54) is 24.0 Å². The molecule has 2 heterocycles. The molecular weight excluding hydrogens is 498 g/mol. The Kier molecular flexibility index (Phi) is 8.29. The fourth-order valence-electron chi connectivity index (χ4n) is 5.84. The van der Waals surface area contributed by atoms with Crippen LogP contribution in [-0.4, -0.2) is 39.7 Å². The molecule has 0 radical (unpaired) electrons. The lowest BCUT2D eigenvalue weighted by atomic mass is 9.89. The lowest BCUT2D eigenvalue weighted by molar-refractivity contribution is -0.136. The van der Waals surface area contributed by atoms with Crippen molar-refractivity contribution in [3.8, 4) is 5.69 Å². The van der Waals surface area contributed by atoms with Crippen LogP contribution in [0.15, 0.2) is 54.6 Å². The Morgan fingerprint density at radius 1 is 0.900 bits per heavy atom. The Bertz CT molecular complexity index is 1310. The van der Waals surface area contributed by atoms with Gasteiger partial charge in [-0.1, -0.05) is 63.4 Å². The minimum absolute atomic E-state index is 0.152. The SMILES string of the molecule is Cc1ccc(-n2nc(C(C)(C)C)cc2NC(=O)Nc2ccc(CC3CCN(C(=O)C4CCCC4)CC3)cc2)cc1. The maximum Gasteiger partial charge on any atom is 0.324 e. The number of amides is 3. The Labute approximate surface area is 238 Å². The molecule has 1 aliphatic heterocycles. The number of aromatic nitrogens is 2. The highest BCUT2D eigenvalue weighted by Crippen LogP contribution is 2.30. The van der Waals surface area contributed by atoms with Crippen LogP contribution in [0.1, 0.15) is 76.1 Å². The molecule has 0 unspecified atom stereocenters. The topological polar surface area (TPSA) is 79.3 Å². The van der Waals surface area contributed by atoms with Gasteiger partial charge in [0.2, 0.25) is 5.91 Å². The highest BCUT2D eigenvalue weighted by atomic mass is 16.2. The van der Waals surface area contributed by atoms with Crippen LogP contribution in [0.2, 0.25) is 0 Å². The van der Waals surface area contributed by atoms with E-state index in [0.717, 1.165) is 62.3 Å². The minimum Gasteiger partial charge on any atom is -0.342 e. The summed E-state index contributed by atoms with van der Waals surface area (Å²) in [4.78, 5) is 27.8. The predicted molar refractivity (Wildman–Crippen MR) is 161 cm³/mol. The molecule has 7 nitrogen and oxygen atoms in total. The predicted octanol–water partition coefficient (Wildman–Crippen LogP) is 7.09. The summed E-state index contributed by atoms with van der Waals surface area (Å²) < 4.78 is 1.79. The van der Waals surface area contributed by atoms with Crippen molar-refractivity contribution in [1.29, 1.82) is 0 Å². The van der Waals surface area contributed by atoms with Crippen molar-refractivity contribution >= 4 is 23.4 Å². The van der Waals surface area contributed by atoms with Crippen LogP contribution in [0.25, 0.3) is 5.69 Å². The fraction of sp³-hybridized carbons (Fsp3) is 0.485. The molecule has 0 bridgehead atoms. The van der Waals surface area contributed by atoms with E-state index in [2.05, 4.69) is 48.4 Å². The van der Waals surface area contributed by atoms with Gasteiger partial charge in [-0.3, -0.25) is 10.1 Å². The van der Waals surface area contributed by atoms with Gasteiger partial charge in [0.1, 0.15) is 5.82 Å². The van der Waals surface area contributed by atoms with Gasteiger partial charge in [-0.05, 0) is 74.8 Å². The van der Waals surface area contributed by atoms with Crippen molar-refractivity contribution in [2.75, 3.05) is 23.7 Å². The standard InChI is InChI=1S/C33H43N5O2/c1-23-9-15-28(16-10-23)38-30(22-29(36-38)33(2,3)4)35-32(40)34-27-13-11-24(12-14-27)21-25-17-19-37(20-18-25)31(39)26-7-5-6-8-26/h9-16,22,25-26H,5-8,17-21H2,1-4H3,(H2,34,35,40). The van der Waals surface area contributed by atoms with Crippen LogP contribution in [0.5, 0.6) is 0 Å². The van der Waals surface area contributed by atoms with Crippen molar-refractivity contribution in [3.63, 3.8) is 0 Å². The molecule has 2 N–H and O–H groups in total. The first kappa shape index (κ1) is 27.9. The van der Waals surface area contributed by atoms with Gasteiger partial charge in [0.15, 0.2) is 0 Å². The number of carbonyl (C=O) groups excluding carboxylic acids is 2. The van der Waals surface area contributed by atoms with Crippen molar-refractivity contribution in [3.05, 3.63) is 71.4 Å². The largest absolute Gasteiger partial charge is 0.342 e. The number of nitrogens with one attached hydrogen (secondary N) is 2. The van der Waals surface area contributed by atoms with E-state index in [1.807, 2.05) is 49.4 Å². The Morgan fingerprint density at radius 3 is 2.17 bits per heavy atom. The number of aryl methyl sites for hydroxylation is 1. The van der Waals surface area contributed by atoms with E-state index in [-0.39, 0.29) is 17.4 Å². The third-order valence-electron chi connectivity index (χ3n) is 8.36. The molecule has 1 saturated heterocycles. The van der Waals surface area contributed by atoms with E-state index >= 15 is 0 Å². The molecule has 5 rings (SSSR count). The quantitative estimate of drug-likeness (QED) is 0.350. The molecule has 0 atom stereocenters. The van der Waals surface area contributed by atoms with Gasteiger partial charge in [0.05, 0.1) is 11.4 Å². The average molecular weight is 542 g/mol. The summed E-state index contributed by atoms with van der Waals surface area (Å²) in [6, 6.07) is 17.9. The van der Waals surface area contributed by atoms with E-state index < -0.39 is 0 Å². The Balaban J connectivity index is 1.16. The van der Waals surface area contributed by atoms with Gasteiger partial charge >= 0.3 is 6.03 Å². The number of piperidine rings is 1. The Hall–Kier alpha value is -3.61. The zero-order valence-corrected chi connectivity index (χ0v) is 24.4. The van der Waals surface area contributed by atoms with Crippen molar-refractivity contribution in [1.82, 2.24) is 14.7 Å². The van der Waals surface area contributed by atoms with E-state index in [0.29, 0.717) is 17.6 Å². The number of hydrogen-bond donors (Lipinski definition) is 2. The van der Waals surface area contributed by atoms with Crippen LogP contribution < -0.4 is 10.6 Å². The third-order valence-corrected chi connectivity index (χ3v) is 8.36. The number of benzene rings is 2. The molecule has 1 saturated carbocycles. The summed E-state index contributed by atoms with van der Waals surface area (Å²) in [5.74, 6) is 1.88. The number of carbonyl (C=O) groups is 2. The summed E-state index contributed by atoms with van der Waals surface area (Å²) >= 11 is 0. The van der Waals surface area contributed by atoms with Crippen LogP contribution in [-0.2, 0) is 16.6 Å². The second-order valence-electron chi connectivity index (χ2n) is 12.6. The number of hydrogen-bond acceptors (Lipinski definition) is 3. The molecule has 7 heteroatoms. The fourth-order valence-corrected chi connectivity index (χ4v) is 5.84. The van der Waals surface area contributed by atoms with E-state index in [9.17, 15) is 9.59 Å². The van der Waals surface area contributed by atoms with Gasteiger partial charge in [-0.2, -0.15) is 5.10 Å². The molecule has 40 heavy (non-hydrogen) atoms. The monoisotopic (exact) mass is 541 g/mol. The highest BCUT2D eigenvalue weighted by Gasteiger charge is 2.30. The number of urea groups is 1. The van der Waals surface area contributed by atoms with Crippen LogP contribution >= 0.6 is 0 Å². The molecule has 2 aromatic carbocycles. The molecule has 3 aromatic rings. The zero-order chi connectivity index (χ0) is 28.3. The van der Waals surface area contributed by atoms with Gasteiger partial charge in [0.25, 0.3) is 0 Å². The highest BCUT2D eigenvalue weighted by molar-refractivity contribution is 5.99. The molecule has 3 amide bonds. The van der Waals surface area contributed by atoms with Gasteiger partial charge < -0.3 is 10.2 Å². The maximum atomic E-state index is 13.0. The summed E-state index contributed by atoms with van der Waals surface area (Å²) in [6.07, 6.45) is 7.68. The number of rotatable bonds is 6. The molecular formula is C33H43N5O2. The summed E-state index contributed by atoms with van der Waals surface area (Å²) in [6.45, 7) is 10.2. The number of anilines is 2. The summed E-state index contributed by atoms with van der Waals surface area (Å²) in [7, 11) is 0. The normalized spacial score (nSPS) is 16.8. The lowest BCUT2D eigenvalue weighted by Crippen LogP contribution is -2.41. The zero-order valence-electron chi connectivity index (χ0n) is 24.4. The van der Waals surface area contributed by atoms with Crippen LogP contribution in [0, 0.1) is 18.8 Å². The first-order valence-corrected chi connectivity index (χ1v) is 14.8. The molecule has 212 valence electrons. The molecule has 2 fully saturated rings. The smallest absolute Gasteiger partial charge is 0.324 e. The van der Waals surface area contributed by atoms with Crippen molar-refractivity contribution in [2.24, 2.45) is 11.8 Å². The summed E-state index contributed by atoms with van der Waals surface area (Å²) in [5, 5.41) is 10.8. The minimum atomic E-state index is -0.305. The van der Waals surface area contributed by atoms with Crippen molar-refractivity contribution in [2.45, 2.75) is 78.1 Å². The summed E-state index contributed by atoms with van der Waals surface area (Å²) in [5.41, 5.74) is 4.83. The van der Waals surface area contributed by atoms with E-state index in [4.69, 9.17) is 5.10 Å². The Morgan fingerprint density at radius 2 is 1.55 bits per heavy atom. The molecule has 1 aromatic heterocycles. The van der Waals surface area contributed by atoms with Crippen molar-refractivity contribution < 1.29 is 9.59 Å². The second-order valence-corrected chi connectivity index (χ2v) is 12.6. The third kappa shape index (κ3) is 6.75. The van der Waals surface area contributed by atoms with Crippen LogP contribution in [0.4, 0.5) is 16.3 Å². The maximum absolute atomic E-state index is 13.0. The number of likely N-dealkylation sites (tertiary alicyclic amines) is 1. The average Bonchev–Trinajstić information content (AvgIpc) is 3.61. The first-order valence-electron chi connectivity index (χ1n) is 14.8. The first-order chi connectivity index (χ1) is 19.2. The molecule has 1 aliphatic carbocycles. The lowest BCUT2D eigenvalue weighted by Gasteiger charge is -2.33. The molecule has 0 spiro atoms. The van der Waals surface area contributed by atoms with E-state index in [1.54, 1.807) is 4.68 Å². The van der Waals surface area contributed by atoms with Crippen LogP contribution in [0.3, 0.4) is 0 Å². The number of nitrogens with zero attached hydrogens (tertiary/aromatic N) is 3. The molecule has 2 aliphatic rings. The van der Waals surface area contributed by atoms with Gasteiger partial charge in [-0.15, -0.1) is 0 Å². The van der Waals surface area contributed by atoms with Gasteiger partial charge in [0, 0.05) is 36.2 Å². The second kappa shape index (κ2) is 11.9. The van der Waals surface area contributed by atoms with Gasteiger partial charge in [-0.25, -0.2) is 9.48 Å².